The first kappa shape index (κ1) is 57.0. The van der Waals surface area contributed by atoms with E-state index in [9.17, 15) is 45.6 Å². The summed E-state index contributed by atoms with van der Waals surface area (Å²) in [6, 6.07) is -0.442. The third-order valence-electron chi connectivity index (χ3n) is 25.6. The van der Waals surface area contributed by atoms with Crippen molar-refractivity contribution in [3.63, 3.8) is 0 Å². The zero-order valence-electron chi connectivity index (χ0n) is 47.6. The fraction of sp³-hybridized carbons (Fsp3) is 0.836. The molecule has 10 aliphatic rings. The molecule has 7 aliphatic carbocycles. The highest BCUT2D eigenvalue weighted by Gasteiger charge is 2.79. The van der Waals surface area contributed by atoms with E-state index in [-0.39, 0.29) is 79.5 Å². The number of ether oxygens (including phenoxy) is 2. The van der Waals surface area contributed by atoms with Gasteiger partial charge in [-0.15, -0.1) is 0 Å². The van der Waals surface area contributed by atoms with Gasteiger partial charge in [0, 0.05) is 42.4 Å². The van der Waals surface area contributed by atoms with Crippen LogP contribution in [0.3, 0.4) is 0 Å². The average Bonchev–Trinajstić information content (AvgIpc) is 0.910. The zero-order valence-corrected chi connectivity index (χ0v) is 47.6. The van der Waals surface area contributed by atoms with Crippen molar-refractivity contribution < 1.29 is 59.9 Å². The van der Waals surface area contributed by atoms with Crippen molar-refractivity contribution in [3.8, 4) is 0 Å². The van der Waals surface area contributed by atoms with E-state index in [4.69, 9.17) is 20.2 Å². The molecule has 0 aromatic carbocycles. The highest BCUT2D eigenvalue weighted by Crippen LogP contribution is 2.81. The second-order valence-corrected chi connectivity index (χ2v) is 28.6. The fourth-order valence-electron chi connectivity index (χ4n) is 21.7. The number of aliphatic hydroxyl groups is 7. The maximum Gasteiger partial charge on any atom is 0.310 e. The Morgan fingerprint density at radius 2 is 1.64 bits per heavy atom. The minimum absolute atomic E-state index is 0.000413. The van der Waals surface area contributed by atoms with Gasteiger partial charge >= 0.3 is 5.97 Å². The Hall–Kier alpha value is -3.50. The Kier molecular flexibility index (Phi) is 14.7. The Balaban J connectivity index is 1.09. The van der Waals surface area contributed by atoms with Crippen LogP contribution in [-0.4, -0.2) is 148 Å². The van der Waals surface area contributed by atoms with Gasteiger partial charge < -0.3 is 76.7 Å². The number of H-pyrrole nitrogens is 2. The average molecular weight is 1120 g/mol. The van der Waals surface area contributed by atoms with Gasteiger partial charge in [-0.1, -0.05) is 71.4 Å². The number of nitrogens with two attached hydrogens (primary N) is 1. The maximum absolute atomic E-state index is 15.3. The number of allylic oxidation sites excluding steroid dienone is 2. The molecule has 12 rings (SSSR count). The molecule has 1 amide bonds. The molecule has 0 bridgehead atoms. The van der Waals surface area contributed by atoms with Crippen molar-refractivity contribution in [2.45, 2.75) is 205 Å². The van der Waals surface area contributed by atoms with E-state index in [1.165, 1.54) is 5.57 Å². The molecule has 19 heteroatoms. The molecule has 444 valence electrons. The molecule has 0 radical (unpaired) electrons. The lowest BCUT2D eigenvalue weighted by molar-refractivity contribution is -0.351. The number of imidazole rings is 2. The number of aromatic nitrogens is 4. The molecule has 19 nitrogen and oxygen atoms in total. The van der Waals surface area contributed by atoms with Crippen molar-refractivity contribution in [1.82, 2.24) is 25.3 Å². The van der Waals surface area contributed by atoms with Crippen LogP contribution in [0.1, 0.15) is 161 Å². The number of aliphatic hydroxyl groups excluding tert-OH is 7. The van der Waals surface area contributed by atoms with Crippen molar-refractivity contribution in [3.05, 3.63) is 41.9 Å². The van der Waals surface area contributed by atoms with E-state index in [0.717, 1.165) is 68.6 Å². The van der Waals surface area contributed by atoms with Crippen LogP contribution in [0.5, 0.6) is 0 Å². The summed E-state index contributed by atoms with van der Waals surface area (Å²) in [6.45, 7) is 8.81. The first-order valence-corrected chi connectivity index (χ1v) is 30.8. The number of amides is 1. The maximum atomic E-state index is 15.3. The third-order valence-corrected chi connectivity index (χ3v) is 25.6. The number of carbonyl (C=O) groups excluding carboxylic acids is 1. The molecule has 5 heterocycles. The van der Waals surface area contributed by atoms with Gasteiger partial charge in [-0.3, -0.25) is 9.59 Å². The van der Waals surface area contributed by atoms with Crippen LogP contribution in [0.15, 0.2) is 30.5 Å². The number of fused-ring (bicyclic) bond motifs is 11. The number of nitrogens with one attached hydrogen (secondary N) is 4. The molecule has 2 aromatic heterocycles. The predicted molar refractivity (Wildman–Crippen MR) is 294 cm³/mol. The molecular weight excluding hydrogens is 1020 g/mol. The molecule has 2 saturated heterocycles. The number of hydrogen-bond acceptors (Lipinski definition) is 15. The molecule has 22 atom stereocenters. The summed E-state index contributed by atoms with van der Waals surface area (Å²) < 4.78 is 13.0. The highest BCUT2D eigenvalue weighted by atomic mass is 16.7. The number of carboxylic acid groups (broad SMARTS) is 1. The second kappa shape index (κ2) is 20.6. The SMILES string of the molecule is C[C@]1(CO)CC[C@@]2(C(=O)O)[C@@H](C1)C1=CC[C@@H]3[C@@]4(C5CCCCC5)[C@H](C[C@@H]5[C@@H]([C@H](CC[C@@H](N)O)c6cnc[nH]6)NC(=O)C56CCCC6)[C@@H](O)[C@@H](O[C@@H]5OC[C@@H](O)[C@H](O)[C@H]5O)[C@@](C)(CO)[C@H]4CC[C@@]3(C)[C@]1(C)[C@H]1Cc3[nH]cnc3NC[C@@H]12. The van der Waals surface area contributed by atoms with E-state index >= 15 is 4.79 Å². The number of nitrogens with zero attached hydrogens (tertiary/aromatic N) is 2. The topological polar surface area (TPSA) is 322 Å². The van der Waals surface area contributed by atoms with Gasteiger partial charge in [0.25, 0.3) is 0 Å². The number of carbonyl (C=O) groups is 2. The summed E-state index contributed by atoms with van der Waals surface area (Å²) in [5, 5.41) is 101. The van der Waals surface area contributed by atoms with Crippen molar-refractivity contribution >= 4 is 17.7 Å². The van der Waals surface area contributed by atoms with Gasteiger partial charge in [0.05, 0.1) is 54.6 Å². The molecule has 0 unspecified atom stereocenters. The molecule has 6 saturated carbocycles. The van der Waals surface area contributed by atoms with Crippen LogP contribution in [0.25, 0.3) is 0 Å². The summed E-state index contributed by atoms with van der Waals surface area (Å²) in [6.07, 6.45) is 11.3. The van der Waals surface area contributed by atoms with Crippen molar-refractivity contribution in [2.75, 3.05) is 31.7 Å². The van der Waals surface area contributed by atoms with Crippen LogP contribution in [0.2, 0.25) is 0 Å². The normalized spacial score (nSPS) is 46.8. The first-order chi connectivity index (χ1) is 38.2. The van der Waals surface area contributed by atoms with Crippen LogP contribution < -0.4 is 16.4 Å². The van der Waals surface area contributed by atoms with E-state index in [2.05, 4.69) is 52.4 Å². The highest BCUT2D eigenvalue weighted by molar-refractivity contribution is 5.86. The summed E-state index contributed by atoms with van der Waals surface area (Å²) in [5.41, 5.74) is 3.66. The Morgan fingerprint density at radius 1 is 0.875 bits per heavy atom. The van der Waals surface area contributed by atoms with Gasteiger partial charge in [-0.25, -0.2) is 9.97 Å². The van der Waals surface area contributed by atoms with Crippen LogP contribution in [-0.2, 0) is 25.5 Å². The quantitative estimate of drug-likeness (QED) is 0.0723. The first-order valence-electron chi connectivity index (χ1n) is 30.8. The smallest absolute Gasteiger partial charge is 0.310 e. The van der Waals surface area contributed by atoms with E-state index in [0.29, 0.717) is 70.8 Å². The van der Waals surface area contributed by atoms with Gasteiger partial charge in [-0.05, 0) is 159 Å². The largest absolute Gasteiger partial charge is 0.481 e. The minimum Gasteiger partial charge on any atom is -0.481 e. The van der Waals surface area contributed by atoms with Gasteiger partial charge in [0.1, 0.15) is 30.4 Å². The van der Waals surface area contributed by atoms with Crippen molar-refractivity contribution in [2.24, 2.45) is 91.0 Å². The zero-order chi connectivity index (χ0) is 56.5. The molecule has 14 N–H and O–H groups in total. The number of carboxylic acids is 1. The van der Waals surface area contributed by atoms with Crippen molar-refractivity contribution in [1.29, 1.82) is 0 Å². The number of aliphatic carboxylic acids is 1. The summed E-state index contributed by atoms with van der Waals surface area (Å²) in [7, 11) is 0. The number of hydrogen-bond donors (Lipinski definition) is 13. The lowest BCUT2D eigenvalue weighted by atomic mass is 9.27. The molecule has 8 fully saturated rings. The van der Waals surface area contributed by atoms with E-state index in [1.807, 2.05) is 6.92 Å². The predicted octanol–water partition coefficient (Wildman–Crippen LogP) is 4.87. The summed E-state index contributed by atoms with van der Waals surface area (Å²) in [4.78, 5) is 45.9. The molecular formula is C61H93N7O12. The van der Waals surface area contributed by atoms with Gasteiger partial charge in [-0.2, -0.15) is 0 Å². The van der Waals surface area contributed by atoms with Crippen LogP contribution in [0.4, 0.5) is 5.82 Å². The summed E-state index contributed by atoms with van der Waals surface area (Å²) in [5.74, 6) is -2.45. The molecule has 80 heavy (non-hydrogen) atoms. The molecule has 2 aromatic rings. The van der Waals surface area contributed by atoms with Gasteiger partial charge in [0.2, 0.25) is 5.91 Å². The number of anilines is 1. The Morgan fingerprint density at radius 3 is 2.33 bits per heavy atom. The van der Waals surface area contributed by atoms with Crippen LogP contribution >= 0.6 is 0 Å². The molecule has 3 aliphatic heterocycles. The second-order valence-electron chi connectivity index (χ2n) is 28.6. The lowest BCUT2D eigenvalue weighted by Crippen LogP contribution is -2.76. The fourth-order valence-corrected chi connectivity index (χ4v) is 21.7. The Labute approximate surface area is 470 Å². The van der Waals surface area contributed by atoms with Gasteiger partial charge in [0.15, 0.2) is 6.29 Å². The monoisotopic (exact) mass is 1120 g/mol. The number of aromatic amines is 2. The standard InChI is InChI=1S/C61H93N7O12/c1-55(28-69)20-21-60(54(77)78)38(24-55)34-13-14-44-57(3,58(34,4)35-23-40-51(67-31-66-40)64-25-39(35)60)19-16-43-56(2,29-70)50(80-52-49(75)48(74)42(71)27-79-52)47(73)37(61(43,44)32-10-6-5-7-11-32)22-36-46(68-53(76)59(36)17-8-9-18-59)33(12-15-45(62)72)41-26-63-30-65-41/h13,26,30-33,35-39,42-50,52,64,69-75H,5-12,14-25,27-29,62H2,1-4H3,(H,63,65)(H,66,67)(H,68,76)(H,77,78)/t33-,35+,36-,37-,38+,39+,42-,43-,44+,45+,46-,47-,48+,49-,50-,52+,55+,56+,57-,58+,60-,61+/m1/s1. The molecule has 1 spiro atoms. The number of rotatable bonds is 13. The van der Waals surface area contributed by atoms with E-state index < -0.39 is 98.9 Å². The van der Waals surface area contributed by atoms with Crippen LogP contribution in [0, 0.1) is 85.2 Å². The summed E-state index contributed by atoms with van der Waals surface area (Å²) >= 11 is 0. The third kappa shape index (κ3) is 8.06. The van der Waals surface area contributed by atoms with E-state index in [1.54, 1.807) is 18.9 Å². The Bertz CT molecular complexity index is 2620. The minimum atomic E-state index is -1.65. The lowest BCUT2D eigenvalue weighted by Gasteiger charge is -2.77.